The maximum absolute atomic E-state index is 15.0. The van der Waals surface area contributed by atoms with Gasteiger partial charge in [-0.05, 0) is 63.4 Å². The number of carbonyl (C=O) groups excluding carboxylic acids is 3. The number of halogens is 1. The summed E-state index contributed by atoms with van der Waals surface area (Å²) in [6.07, 6.45) is 3.51. The maximum Gasteiger partial charge on any atom is 0.317 e. The number of nitrogens with one attached hydrogen (secondary N) is 2. The van der Waals surface area contributed by atoms with Crippen molar-refractivity contribution in [2.75, 3.05) is 12.0 Å². The molecule has 8 heteroatoms. The first-order chi connectivity index (χ1) is 16.1. The molecule has 34 heavy (non-hydrogen) atoms. The third-order valence-electron chi connectivity index (χ3n) is 5.65. The van der Waals surface area contributed by atoms with Gasteiger partial charge in [-0.3, -0.25) is 19.3 Å². The van der Waals surface area contributed by atoms with E-state index in [4.69, 9.17) is 4.74 Å². The zero-order valence-electron chi connectivity index (χ0n) is 20.1. The van der Waals surface area contributed by atoms with Gasteiger partial charge in [-0.2, -0.15) is 0 Å². The minimum absolute atomic E-state index is 0.109. The quantitative estimate of drug-likeness (QED) is 0.629. The highest BCUT2D eigenvalue weighted by atomic mass is 19.1. The molecule has 2 N–H and O–H groups in total. The van der Waals surface area contributed by atoms with Crippen molar-refractivity contribution in [2.45, 2.75) is 64.1 Å². The van der Waals surface area contributed by atoms with Crippen LogP contribution in [0.4, 0.5) is 10.1 Å². The Balaban J connectivity index is 2.09. The Morgan fingerprint density at radius 2 is 1.65 bits per heavy atom. The molecule has 0 radical (unpaired) electrons. The van der Waals surface area contributed by atoms with Gasteiger partial charge < -0.3 is 15.4 Å². The third kappa shape index (κ3) is 6.12. The van der Waals surface area contributed by atoms with Crippen LogP contribution in [0.1, 0.15) is 58.1 Å². The molecule has 1 fully saturated rings. The summed E-state index contributed by atoms with van der Waals surface area (Å²) in [6, 6.07) is 10.8. The molecule has 0 aliphatic heterocycles. The van der Waals surface area contributed by atoms with Crippen LogP contribution in [-0.4, -0.2) is 36.4 Å². The van der Waals surface area contributed by atoms with Crippen LogP contribution in [-0.2, 0) is 14.4 Å². The van der Waals surface area contributed by atoms with E-state index in [0.717, 1.165) is 30.6 Å². The molecule has 0 saturated heterocycles. The van der Waals surface area contributed by atoms with E-state index in [9.17, 15) is 18.8 Å². The van der Waals surface area contributed by atoms with Crippen molar-refractivity contribution in [1.29, 1.82) is 0 Å². The highest BCUT2D eigenvalue weighted by Crippen LogP contribution is 2.32. The van der Waals surface area contributed by atoms with E-state index in [-0.39, 0.29) is 11.7 Å². The fraction of sp³-hybridized carbons (Fsp3) is 0.423. The lowest BCUT2D eigenvalue weighted by Crippen LogP contribution is -2.53. The second kappa shape index (κ2) is 10.7. The molecule has 2 aromatic carbocycles. The van der Waals surface area contributed by atoms with Gasteiger partial charge in [0.1, 0.15) is 17.6 Å². The molecule has 1 aliphatic carbocycles. The molecule has 1 atom stereocenters. The van der Waals surface area contributed by atoms with Gasteiger partial charge in [0.25, 0.3) is 0 Å². The lowest BCUT2D eigenvalue weighted by atomic mass is 10.00. The Bertz CT molecular complexity index is 1030. The fourth-order valence-corrected chi connectivity index (χ4v) is 4.08. The van der Waals surface area contributed by atoms with Crippen molar-refractivity contribution < 1.29 is 23.5 Å². The van der Waals surface area contributed by atoms with Gasteiger partial charge in [-0.1, -0.05) is 37.1 Å². The summed E-state index contributed by atoms with van der Waals surface area (Å²) in [5.41, 5.74) is -0.371. The van der Waals surface area contributed by atoms with Crippen molar-refractivity contribution >= 4 is 23.4 Å². The molecule has 1 saturated carbocycles. The summed E-state index contributed by atoms with van der Waals surface area (Å²) in [5, 5.41) is 5.62. The van der Waals surface area contributed by atoms with Crippen molar-refractivity contribution in [3.63, 3.8) is 0 Å². The number of hydrogen-bond donors (Lipinski definition) is 2. The molecular weight excluding hydrogens is 437 g/mol. The van der Waals surface area contributed by atoms with Gasteiger partial charge in [0.15, 0.2) is 0 Å². The molecule has 1 aliphatic rings. The van der Waals surface area contributed by atoms with E-state index in [1.165, 1.54) is 25.3 Å². The summed E-state index contributed by atoms with van der Waals surface area (Å²) < 4.78 is 20.2. The fourth-order valence-electron chi connectivity index (χ4n) is 4.08. The molecule has 0 unspecified atom stereocenters. The van der Waals surface area contributed by atoms with Crippen LogP contribution in [0.3, 0.4) is 0 Å². The molecule has 0 aromatic heterocycles. The number of nitrogens with zero attached hydrogens (tertiary/aromatic N) is 1. The topological polar surface area (TPSA) is 87.7 Å². The Morgan fingerprint density at radius 3 is 2.21 bits per heavy atom. The lowest BCUT2D eigenvalue weighted by molar-refractivity contribution is -0.139. The van der Waals surface area contributed by atoms with Gasteiger partial charge in [0.2, 0.25) is 5.91 Å². The molecule has 0 bridgehead atoms. The highest BCUT2D eigenvalue weighted by molar-refractivity contribution is 6.41. The largest absolute Gasteiger partial charge is 0.497 e. The second-order valence-electron chi connectivity index (χ2n) is 9.50. The van der Waals surface area contributed by atoms with E-state index in [1.54, 1.807) is 51.1 Å². The van der Waals surface area contributed by atoms with Crippen molar-refractivity contribution in [3.05, 3.63) is 59.9 Å². The maximum atomic E-state index is 15.0. The normalized spacial score (nSPS) is 14.9. The number of benzene rings is 2. The number of carbonyl (C=O) groups is 3. The molecule has 182 valence electrons. The van der Waals surface area contributed by atoms with Crippen molar-refractivity contribution in [2.24, 2.45) is 0 Å². The van der Waals surface area contributed by atoms with Crippen molar-refractivity contribution in [1.82, 2.24) is 10.6 Å². The van der Waals surface area contributed by atoms with E-state index >= 15 is 0 Å². The molecule has 3 amide bonds. The van der Waals surface area contributed by atoms with Gasteiger partial charge in [-0.15, -0.1) is 0 Å². The van der Waals surface area contributed by atoms with Crippen LogP contribution in [0.5, 0.6) is 5.75 Å². The predicted molar refractivity (Wildman–Crippen MR) is 128 cm³/mol. The molecule has 0 heterocycles. The molecule has 7 nitrogen and oxygen atoms in total. The van der Waals surface area contributed by atoms with Crippen LogP contribution in [0.25, 0.3) is 0 Å². The number of hydrogen-bond acceptors (Lipinski definition) is 4. The number of ether oxygens (including phenoxy) is 1. The summed E-state index contributed by atoms with van der Waals surface area (Å²) in [6.45, 7) is 5.41. The molecular formula is C26H32FN3O4. The minimum atomic E-state index is -1.29. The first-order valence-corrected chi connectivity index (χ1v) is 11.5. The van der Waals surface area contributed by atoms with E-state index in [0.29, 0.717) is 11.3 Å². The van der Waals surface area contributed by atoms with Crippen LogP contribution < -0.4 is 20.3 Å². The van der Waals surface area contributed by atoms with Gasteiger partial charge >= 0.3 is 11.8 Å². The number of para-hydroxylation sites is 1. The molecule has 2 aromatic rings. The van der Waals surface area contributed by atoms with Crippen LogP contribution in [0.2, 0.25) is 0 Å². The lowest BCUT2D eigenvalue weighted by Gasteiger charge is -2.33. The summed E-state index contributed by atoms with van der Waals surface area (Å²) in [4.78, 5) is 41.0. The van der Waals surface area contributed by atoms with Crippen LogP contribution in [0, 0.1) is 5.82 Å². The van der Waals surface area contributed by atoms with E-state index in [1.807, 2.05) is 0 Å². The van der Waals surface area contributed by atoms with E-state index < -0.39 is 35.1 Å². The number of methoxy groups -OCH3 is 1. The van der Waals surface area contributed by atoms with Gasteiger partial charge in [-0.25, -0.2) is 4.39 Å². The summed E-state index contributed by atoms with van der Waals surface area (Å²) in [5.74, 6) is -2.56. The first kappa shape index (κ1) is 25.2. The standard InChI is InChI=1S/C26H32FN3O4/c1-26(2,3)29-23(31)22(17-13-15-19(34-4)16-14-17)30(21-12-8-7-11-20(21)27)25(33)24(32)28-18-9-5-6-10-18/h7-8,11-16,18,22H,5-6,9-10H2,1-4H3,(H,28,32)(H,29,31)/t22-/m1/s1. The van der Waals surface area contributed by atoms with Crippen LogP contribution >= 0.6 is 0 Å². The Hall–Kier alpha value is -3.42. The molecule has 0 spiro atoms. The average Bonchev–Trinajstić information content (AvgIpc) is 3.29. The van der Waals surface area contributed by atoms with E-state index in [2.05, 4.69) is 10.6 Å². The predicted octanol–water partition coefficient (Wildman–Crippen LogP) is 3.88. The number of anilines is 1. The van der Waals surface area contributed by atoms with Crippen molar-refractivity contribution in [3.8, 4) is 5.75 Å². The van der Waals surface area contributed by atoms with Crippen LogP contribution in [0.15, 0.2) is 48.5 Å². The zero-order chi connectivity index (χ0) is 24.9. The number of rotatable bonds is 6. The Kier molecular flexibility index (Phi) is 7.91. The first-order valence-electron chi connectivity index (χ1n) is 11.5. The average molecular weight is 470 g/mol. The number of amides is 3. The smallest absolute Gasteiger partial charge is 0.317 e. The second-order valence-corrected chi connectivity index (χ2v) is 9.50. The Labute approximate surface area is 199 Å². The molecule has 3 rings (SSSR count). The highest BCUT2D eigenvalue weighted by Gasteiger charge is 2.38. The summed E-state index contributed by atoms with van der Waals surface area (Å²) >= 11 is 0. The minimum Gasteiger partial charge on any atom is -0.497 e. The Morgan fingerprint density at radius 1 is 1.03 bits per heavy atom. The third-order valence-corrected chi connectivity index (χ3v) is 5.65. The zero-order valence-corrected chi connectivity index (χ0v) is 20.1. The van der Waals surface area contributed by atoms with Gasteiger partial charge in [0, 0.05) is 11.6 Å². The monoisotopic (exact) mass is 469 g/mol. The summed E-state index contributed by atoms with van der Waals surface area (Å²) in [7, 11) is 1.52. The van der Waals surface area contributed by atoms with Gasteiger partial charge in [0.05, 0.1) is 12.8 Å². The SMILES string of the molecule is COc1ccc([C@H](C(=O)NC(C)(C)C)N(C(=O)C(=O)NC2CCCC2)c2ccccc2F)cc1.